The largest absolute Gasteiger partial charge is 0.490 e. The molecule has 0 spiro atoms. The fraction of sp³-hybridized carbons (Fsp3) is 0.462. The number of halogens is 1. The SMILES string of the molecule is Cc1cc(F)ccc1OC1CCCC(=O)C1. The molecule has 86 valence electrons. The molecule has 1 aromatic rings. The first-order valence-electron chi connectivity index (χ1n) is 5.59. The minimum absolute atomic E-state index is 0.0367. The van der Waals surface area contributed by atoms with Crippen molar-refractivity contribution < 1.29 is 13.9 Å². The van der Waals surface area contributed by atoms with Gasteiger partial charge in [0.25, 0.3) is 0 Å². The quantitative estimate of drug-likeness (QED) is 0.768. The van der Waals surface area contributed by atoms with E-state index in [0.29, 0.717) is 18.6 Å². The number of hydrogen-bond donors (Lipinski definition) is 0. The van der Waals surface area contributed by atoms with E-state index in [4.69, 9.17) is 4.74 Å². The molecule has 0 saturated heterocycles. The number of ether oxygens (including phenoxy) is 1. The molecule has 1 aliphatic carbocycles. The summed E-state index contributed by atoms with van der Waals surface area (Å²) in [5.41, 5.74) is 0.776. The highest BCUT2D eigenvalue weighted by atomic mass is 19.1. The third kappa shape index (κ3) is 2.60. The van der Waals surface area contributed by atoms with E-state index in [-0.39, 0.29) is 17.7 Å². The van der Waals surface area contributed by atoms with Gasteiger partial charge < -0.3 is 4.74 Å². The molecule has 0 aliphatic heterocycles. The van der Waals surface area contributed by atoms with E-state index in [1.165, 1.54) is 12.1 Å². The average molecular weight is 222 g/mol. The maximum absolute atomic E-state index is 12.9. The second-order valence-corrected chi connectivity index (χ2v) is 4.28. The molecule has 1 aromatic carbocycles. The molecule has 0 heterocycles. The Hall–Kier alpha value is -1.38. The number of Topliss-reactive ketones (excluding diaryl/α,β-unsaturated/α-hetero) is 1. The zero-order valence-electron chi connectivity index (χ0n) is 9.33. The summed E-state index contributed by atoms with van der Waals surface area (Å²) in [5, 5.41) is 0. The van der Waals surface area contributed by atoms with E-state index >= 15 is 0 Å². The van der Waals surface area contributed by atoms with Crippen molar-refractivity contribution in [1.82, 2.24) is 0 Å². The van der Waals surface area contributed by atoms with Gasteiger partial charge in [0.1, 0.15) is 23.5 Å². The van der Waals surface area contributed by atoms with Crippen LogP contribution in [0, 0.1) is 12.7 Å². The highest BCUT2D eigenvalue weighted by Gasteiger charge is 2.21. The molecule has 0 amide bonds. The number of carbonyl (C=O) groups excluding carboxylic acids is 1. The molecule has 2 nitrogen and oxygen atoms in total. The minimum Gasteiger partial charge on any atom is -0.490 e. The number of aryl methyl sites for hydroxylation is 1. The van der Waals surface area contributed by atoms with Crippen LogP contribution in [0.5, 0.6) is 5.75 Å². The van der Waals surface area contributed by atoms with E-state index in [2.05, 4.69) is 0 Å². The van der Waals surface area contributed by atoms with Crippen LogP contribution in [0.15, 0.2) is 18.2 Å². The van der Waals surface area contributed by atoms with Crippen molar-refractivity contribution in [1.29, 1.82) is 0 Å². The predicted molar refractivity (Wildman–Crippen MR) is 59.0 cm³/mol. The van der Waals surface area contributed by atoms with Crippen LogP contribution in [0.1, 0.15) is 31.2 Å². The minimum atomic E-state index is -0.260. The highest BCUT2D eigenvalue weighted by molar-refractivity contribution is 5.79. The lowest BCUT2D eigenvalue weighted by atomic mass is 9.96. The van der Waals surface area contributed by atoms with Crippen LogP contribution in [-0.4, -0.2) is 11.9 Å². The number of carbonyl (C=O) groups is 1. The smallest absolute Gasteiger partial charge is 0.136 e. The van der Waals surface area contributed by atoms with E-state index in [9.17, 15) is 9.18 Å². The lowest BCUT2D eigenvalue weighted by Gasteiger charge is -2.23. The van der Waals surface area contributed by atoms with E-state index in [0.717, 1.165) is 18.4 Å². The van der Waals surface area contributed by atoms with Crippen LogP contribution in [0.2, 0.25) is 0 Å². The Kier molecular flexibility index (Phi) is 3.22. The van der Waals surface area contributed by atoms with Crippen LogP contribution in [0.3, 0.4) is 0 Å². The Morgan fingerprint density at radius 3 is 2.94 bits per heavy atom. The molecule has 3 heteroatoms. The number of rotatable bonds is 2. The number of hydrogen-bond acceptors (Lipinski definition) is 2. The summed E-state index contributed by atoms with van der Waals surface area (Å²) in [7, 11) is 0. The highest BCUT2D eigenvalue weighted by Crippen LogP contribution is 2.24. The standard InChI is InChI=1S/C13H15FO2/c1-9-7-10(14)5-6-13(9)16-12-4-2-3-11(15)8-12/h5-7,12H,2-4,8H2,1H3. The van der Waals surface area contributed by atoms with Gasteiger partial charge in [-0.15, -0.1) is 0 Å². The van der Waals surface area contributed by atoms with Gasteiger partial charge in [0.15, 0.2) is 0 Å². The second kappa shape index (κ2) is 4.64. The molecule has 0 N–H and O–H groups in total. The van der Waals surface area contributed by atoms with Crippen LogP contribution in [0.4, 0.5) is 4.39 Å². The summed E-state index contributed by atoms with van der Waals surface area (Å²) in [5.74, 6) is 0.682. The van der Waals surface area contributed by atoms with E-state index in [1.807, 2.05) is 6.92 Å². The van der Waals surface area contributed by atoms with Gasteiger partial charge >= 0.3 is 0 Å². The van der Waals surface area contributed by atoms with Gasteiger partial charge in [0, 0.05) is 12.8 Å². The van der Waals surface area contributed by atoms with Gasteiger partial charge in [0.2, 0.25) is 0 Å². The molecule has 1 unspecified atom stereocenters. The average Bonchev–Trinajstić information content (AvgIpc) is 2.22. The van der Waals surface area contributed by atoms with Crippen LogP contribution < -0.4 is 4.74 Å². The molecule has 0 radical (unpaired) electrons. The summed E-state index contributed by atoms with van der Waals surface area (Å²) >= 11 is 0. The van der Waals surface area contributed by atoms with Crippen molar-refractivity contribution >= 4 is 5.78 Å². The first-order valence-corrected chi connectivity index (χ1v) is 5.59. The van der Waals surface area contributed by atoms with Crippen molar-refractivity contribution in [2.75, 3.05) is 0 Å². The fourth-order valence-corrected chi connectivity index (χ4v) is 2.01. The lowest BCUT2D eigenvalue weighted by molar-refractivity contribution is -0.122. The Morgan fingerprint density at radius 2 is 2.25 bits per heavy atom. The van der Waals surface area contributed by atoms with Crippen molar-refractivity contribution in [3.05, 3.63) is 29.6 Å². The van der Waals surface area contributed by atoms with E-state index in [1.54, 1.807) is 6.07 Å². The topological polar surface area (TPSA) is 26.3 Å². The molecule has 2 rings (SSSR count). The van der Waals surface area contributed by atoms with Gasteiger partial charge in [-0.1, -0.05) is 0 Å². The van der Waals surface area contributed by atoms with Crippen molar-refractivity contribution in [3.8, 4) is 5.75 Å². The van der Waals surface area contributed by atoms with Crippen molar-refractivity contribution in [2.24, 2.45) is 0 Å². The monoisotopic (exact) mass is 222 g/mol. The van der Waals surface area contributed by atoms with Gasteiger partial charge in [-0.05, 0) is 43.5 Å². The maximum atomic E-state index is 12.9. The molecule has 16 heavy (non-hydrogen) atoms. The van der Waals surface area contributed by atoms with Gasteiger partial charge in [-0.25, -0.2) is 4.39 Å². The Morgan fingerprint density at radius 1 is 1.44 bits per heavy atom. The fourth-order valence-electron chi connectivity index (χ4n) is 2.01. The third-order valence-electron chi connectivity index (χ3n) is 2.87. The number of ketones is 1. The van der Waals surface area contributed by atoms with Crippen molar-refractivity contribution in [3.63, 3.8) is 0 Å². The second-order valence-electron chi connectivity index (χ2n) is 4.28. The Balaban J connectivity index is 2.05. The Labute approximate surface area is 94.4 Å². The normalized spacial score (nSPS) is 20.9. The zero-order chi connectivity index (χ0) is 11.5. The molecule has 1 aliphatic rings. The number of benzene rings is 1. The summed E-state index contributed by atoms with van der Waals surface area (Å²) in [6, 6.07) is 4.46. The Bertz CT molecular complexity index is 401. The summed E-state index contributed by atoms with van der Waals surface area (Å²) in [6.45, 7) is 1.81. The predicted octanol–water partition coefficient (Wildman–Crippen LogP) is 3.02. The lowest BCUT2D eigenvalue weighted by Crippen LogP contribution is -2.25. The maximum Gasteiger partial charge on any atom is 0.136 e. The summed E-state index contributed by atoms with van der Waals surface area (Å²) in [6.07, 6.45) is 2.91. The van der Waals surface area contributed by atoms with Crippen LogP contribution in [-0.2, 0) is 4.79 Å². The molecular formula is C13H15FO2. The van der Waals surface area contributed by atoms with Gasteiger partial charge in [-0.3, -0.25) is 4.79 Å². The molecule has 1 saturated carbocycles. The summed E-state index contributed by atoms with van der Waals surface area (Å²) < 4.78 is 18.6. The van der Waals surface area contributed by atoms with Crippen LogP contribution >= 0.6 is 0 Å². The first-order chi connectivity index (χ1) is 7.65. The molecule has 1 fully saturated rings. The summed E-state index contributed by atoms with van der Waals surface area (Å²) in [4.78, 5) is 11.3. The zero-order valence-corrected chi connectivity index (χ0v) is 9.33. The molecule has 1 atom stereocenters. The van der Waals surface area contributed by atoms with Gasteiger partial charge in [-0.2, -0.15) is 0 Å². The molecule has 0 bridgehead atoms. The third-order valence-corrected chi connectivity index (χ3v) is 2.87. The molecule has 0 aromatic heterocycles. The van der Waals surface area contributed by atoms with Crippen LogP contribution in [0.25, 0.3) is 0 Å². The van der Waals surface area contributed by atoms with E-state index < -0.39 is 0 Å². The molecular weight excluding hydrogens is 207 g/mol. The first kappa shape index (κ1) is 11.1. The van der Waals surface area contributed by atoms with Gasteiger partial charge in [0.05, 0.1) is 0 Å². The van der Waals surface area contributed by atoms with Crippen molar-refractivity contribution in [2.45, 2.75) is 38.7 Å².